The second-order valence-corrected chi connectivity index (χ2v) is 6.85. The number of amides is 1. The summed E-state index contributed by atoms with van der Waals surface area (Å²) in [7, 11) is -2.07. The van der Waals surface area contributed by atoms with Gasteiger partial charge in [0.2, 0.25) is 15.9 Å². The van der Waals surface area contributed by atoms with Crippen LogP contribution in [0.3, 0.4) is 0 Å². The second kappa shape index (κ2) is 8.30. The lowest BCUT2D eigenvalue weighted by Crippen LogP contribution is -2.51. The number of carboxylic acids is 1. The Balaban J connectivity index is 2.50. The maximum atomic E-state index is 12.0. The molecule has 0 aromatic heterocycles. The molecule has 1 heterocycles. The first-order chi connectivity index (χ1) is 9.87. The van der Waals surface area contributed by atoms with Gasteiger partial charge in [-0.15, -0.1) is 0 Å². The van der Waals surface area contributed by atoms with Crippen LogP contribution in [-0.2, 0) is 24.3 Å². The molecule has 122 valence electrons. The molecule has 1 aliphatic heterocycles. The number of likely N-dealkylation sites (tertiary alicyclic amines) is 1. The summed E-state index contributed by atoms with van der Waals surface area (Å²) in [5.74, 6) is -1.68. The van der Waals surface area contributed by atoms with E-state index in [0.29, 0.717) is 26.0 Å². The summed E-state index contributed by atoms with van der Waals surface area (Å²) in [5.41, 5.74) is 0. The Hall–Kier alpha value is -1.19. The zero-order valence-electron chi connectivity index (χ0n) is 12.1. The highest BCUT2D eigenvalue weighted by Crippen LogP contribution is 2.17. The maximum Gasteiger partial charge on any atom is 0.326 e. The van der Waals surface area contributed by atoms with Gasteiger partial charge < -0.3 is 14.7 Å². The van der Waals surface area contributed by atoms with Crippen LogP contribution in [0.2, 0.25) is 0 Å². The average molecular weight is 322 g/mol. The number of piperidine rings is 1. The highest BCUT2D eigenvalue weighted by atomic mass is 32.2. The van der Waals surface area contributed by atoms with Crippen LogP contribution in [0.15, 0.2) is 0 Å². The SMILES string of the molecule is COCCCS(=O)(=O)NCC(=O)N1CCCC[C@@H]1C(=O)O. The van der Waals surface area contributed by atoms with Crippen LogP contribution in [0.4, 0.5) is 0 Å². The molecule has 0 aromatic carbocycles. The summed E-state index contributed by atoms with van der Waals surface area (Å²) in [4.78, 5) is 24.3. The van der Waals surface area contributed by atoms with Crippen LogP contribution < -0.4 is 4.72 Å². The number of rotatable bonds is 8. The quantitative estimate of drug-likeness (QED) is 0.577. The van der Waals surface area contributed by atoms with Crippen molar-refractivity contribution < 1.29 is 27.9 Å². The molecule has 0 aliphatic carbocycles. The molecule has 2 N–H and O–H groups in total. The van der Waals surface area contributed by atoms with Crippen molar-refractivity contribution in [2.75, 3.05) is 32.6 Å². The lowest BCUT2D eigenvalue weighted by molar-refractivity contribution is -0.151. The Kier molecular flexibility index (Phi) is 7.06. The smallest absolute Gasteiger partial charge is 0.326 e. The highest BCUT2D eigenvalue weighted by molar-refractivity contribution is 7.89. The number of carboxylic acid groups (broad SMARTS) is 1. The summed E-state index contributed by atoms with van der Waals surface area (Å²) in [6, 6.07) is -0.857. The Morgan fingerprint density at radius 1 is 1.38 bits per heavy atom. The van der Waals surface area contributed by atoms with Crippen LogP contribution >= 0.6 is 0 Å². The molecule has 0 saturated carbocycles. The molecule has 0 radical (unpaired) electrons. The third-order valence-electron chi connectivity index (χ3n) is 3.31. The molecule has 1 saturated heterocycles. The van der Waals surface area contributed by atoms with Crippen molar-refractivity contribution in [1.82, 2.24) is 9.62 Å². The first-order valence-corrected chi connectivity index (χ1v) is 8.51. The minimum Gasteiger partial charge on any atom is -0.480 e. The van der Waals surface area contributed by atoms with Crippen LogP contribution in [0.25, 0.3) is 0 Å². The van der Waals surface area contributed by atoms with E-state index in [1.54, 1.807) is 0 Å². The Morgan fingerprint density at radius 2 is 2.10 bits per heavy atom. The van der Waals surface area contributed by atoms with E-state index < -0.39 is 34.5 Å². The van der Waals surface area contributed by atoms with E-state index in [2.05, 4.69) is 4.72 Å². The number of carbonyl (C=O) groups excluding carboxylic acids is 1. The lowest BCUT2D eigenvalue weighted by atomic mass is 10.0. The van der Waals surface area contributed by atoms with Gasteiger partial charge in [-0.1, -0.05) is 0 Å². The first kappa shape index (κ1) is 17.9. The molecule has 1 rings (SSSR count). The van der Waals surface area contributed by atoms with Crippen molar-refractivity contribution in [2.24, 2.45) is 0 Å². The average Bonchev–Trinajstić information content (AvgIpc) is 2.45. The zero-order chi connectivity index (χ0) is 15.9. The molecule has 1 aliphatic rings. The third-order valence-corrected chi connectivity index (χ3v) is 4.72. The Bertz CT molecular complexity index is 464. The van der Waals surface area contributed by atoms with Gasteiger partial charge in [0, 0.05) is 20.3 Å². The van der Waals surface area contributed by atoms with E-state index in [9.17, 15) is 18.0 Å². The van der Waals surface area contributed by atoms with Gasteiger partial charge in [0.15, 0.2) is 0 Å². The zero-order valence-corrected chi connectivity index (χ0v) is 12.9. The van der Waals surface area contributed by atoms with Gasteiger partial charge in [-0.25, -0.2) is 17.9 Å². The number of aliphatic carboxylic acids is 1. The molecule has 0 unspecified atom stereocenters. The van der Waals surface area contributed by atoms with E-state index >= 15 is 0 Å². The van der Waals surface area contributed by atoms with Gasteiger partial charge in [0.1, 0.15) is 6.04 Å². The molecule has 21 heavy (non-hydrogen) atoms. The van der Waals surface area contributed by atoms with Gasteiger partial charge in [-0.3, -0.25) is 4.79 Å². The van der Waals surface area contributed by atoms with Crippen molar-refractivity contribution in [3.8, 4) is 0 Å². The van der Waals surface area contributed by atoms with E-state index in [1.165, 1.54) is 12.0 Å². The minimum absolute atomic E-state index is 0.128. The first-order valence-electron chi connectivity index (χ1n) is 6.86. The molecule has 8 nitrogen and oxygen atoms in total. The summed E-state index contributed by atoms with van der Waals surface area (Å²) in [6.45, 7) is 0.266. The normalized spacial score (nSPS) is 19.5. The van der Waals surface area contributed by atoms with Gasteiger partial charge in [-0.05, 0) is 25.7 Å². The Labute approximate surface area is 124 Å². The summed E-state index contributed by atoms with van der Waals surface area (Å²) >= 11 is 0. The van der Waals surface area contributed by atoms with E-state index in [1.807, 2.05) is 0 Å². The molecule has 0 aromatic rings. The maximum absolute atomic E-state index is 12.0. The van der Waals surface area contributed by atoms with Crippen LogP contribution in [0.1, 0.15) is 25.7 Å². The van der Waals surface area contributed by atoms with E-state index in [-0.39, 0.29) is 5.75 Å². The van der Waals surface area contributed by atoms with Crippen LogP contribution in [0, 0.1) is 0 Å². The number of hydrogen-bond acceptors (Lipinski definition) is 5. The number of carbonyl (C=O) groups is 2. The number of ether oxygens (including phenoxy) is 1. The molecule has 1 fully saturated rings. The Morgan fingerprint density at radius 3 is 2.71 bits per heavy atom. The van der Waals surface area contributed by atoms with Gasteiger partial charge >= 0.3 is 5.97 Å². The lowest BCUT2D eigenvalue weighted by Gasteiger charge is -2.33. The van der Waals surface area contributed by atoms with Crippen molar-refractivity contribution in [3.63, 3.8) is 0 Å². The van der Waals surface area contributed by atoms with Crippen molar-refractivity contribution in [2.45, 2.75) is 31.7 Å². The largest absolute Gasteiger partial charge is 0.480 e. The highest BCUT2D eigenvalue weighted by Gasteiger charge is 2.32. The molecule has 1 amide bonds. The summed E-state index contributed by atoms with van der Waals surface area (Å²) in [5, 5.41) is 9.08. The minimum atomic E-state index is -3.55. The topological polar surface area (TPSA) is 113 Å². The van der Waals surface area contributed by atoms with Crippen LogP contribution in [-0.4, -0.2) is 68.9 Å². The van der Waals surface area contributed by atoms with Gasteiger partial charge in [0.05, 0.1) is 12.3 Å². The molecule has 0 bridgehead atoms. The van der Waals surface area contributed by atoms with Crippen LogP contribution in [0.5, 0.6) is 0 Å². The molecule has 1 atom stereocenters. The summed E-state index contributed by atoms with van der Waals surface area (Å²) < 4.78 is 30.3. The van der Waals surface area contributed by atoms with Gasteiger partial charge in [0.25, 0.3) is 0 Å². The summed E-state index contributed by atoms with van der Waals surface area (Å²) in [6.07, 6.45) is 2.22. The second-order valence-electron chi connectivity index (χ2n) is 4.92. The van der Waals surface area contributed by atoms with Crippen molar-refractivity contribution in [1.29, 1.82) is 0 Å². The number of nitrogens with zero attached hydrogens (tertiary/aromatic N) is 1. The molecule has 0 spiro atoms. The standard InChI is InChI=1S/C12H22N2O6S/c1-20-7-4-8-21(18,19)13-9-11(15)14-6-3-2-5-10(14)12(16)17/h10,13H,2-9H2,1H3,(H,16,17)/t10-/m1/s1. The number of hydrogen-bond donors (Lipinski definition) is 2. The predicted molar refractivity (Wildman–Crippen MR) is 75.3 cm³/mol. The fraction of sp³-hybridized carbons (Fsp3) is 0.833. The third kappa shape index (κ3) is 5.98. The molecular formula is C12H22N2O6S. The molecule has 9 heteroatoms. The fourth-order valence-electron chi connectivity index (χ4n) is 2.23. The van der Waals surface area contributed by atoms with Gasteiger partial charge in [-0.2, -0.15) is 0 Å². The van der Waals surface area contributed by atoms with Crippen molar-refractivity contribution in [3.05, 3.63) is 0 Å². The predicted octanol–water partition coefficient (Wildman–Crippen LogP) is -0.592. The van der Waals surface area contributed by atoms with E-state index in [4.69, 9.17) is 9.84 Å². The molecular weight excluding hydrogens is 300 g/mol. The van der Waals surface area contributed by atoms with E-state index in [0.717, 1.165) is 12.8 Å². The number of sulfonamides is 1. The fourth-order valence-corrected chi connectivity index (χ4v) is 3.21. The monoisotopic (exact) mass is 322 g/mol. The number of nitrogens with one attached hydrogen (secondary N) is 1. The van der Waals surface area contributed by atoms with Crippen molar-refractivity contribution >= 4 is 21.9 Å². The number of methoxy groups -OCH3 is 1.